The van der Waals surface area contributed by atoms with Crippen LogP contribution in [0.1, 0.15) is 55.2 Å². The Bertz CT molecular complexity index is 1720. The molecule has 1 fully saturated rings. The number of nitrogens with one attached hydrogen (secondary N) is 4. The highest BCUT2D eigenvalue weighted by atomic mass is 16.3. The van der Waals surface area contributed by atoms with Gasteiger partial charge in [0.1, 0.15) is 17.8 Å². The van der Waals surface area contributed by atoms with E-state index in [0.717, 1.165) is 40.4 Å². The first-order valence-corrected chi connectivity index (χ1v) is 16.4. The van der Waals surface area contributed by atoms with Gasteiger partial charge >= 0.3 is 0 Å². The summed E-state index contributed by atoms with van der Waals surface area (Å²) in [6, 6.07) is 20.1. The Morgan fingerprint density at radius 2 is 1.56 bits per heavy atom. The number of rotatable bonds is 13. The van der Waals surface area contributed by atoms with Crippen LogP contribution in [0.2, 0.25) is 0 Å². The van der Waals surface area contributed by atoms with Crippen molar-refractivity contribution in [2.45, 2.75) is 75.5 Å². The molecule has 4 aromatic rings. The van der Waals surface area contributed by atoms with E-state index in [4.69, 9.17) is 11.5 Å². The summed E-state index contributed by atoms with van der Waals surface area (Å²) in [4.78, 5) is 56.9. The van der Waals surface area contributed by atoms with Crippen molar-refractivity contribution in [3.05, 3.63) is 102 Å². The van der Waals surface area contributed by atoms with Crippen LogP contribution >= 0.6 is 0 Å². The Morgan fingerprint density at radius 3 is 2.29 bits per heavy atom. The topological polar surface area (TPSA) is 192 Å². The van der Waals surface area contributed by atoms with Gasteiger partial charge in [0, 0.05) is 35.5 Å². The Morgan fingerprint density at radius 1 is 0.875 bits per heavy atom. The predicted octanol–water partition coefficient (Wildman–Crippen LogP) is 2.92. The first-order chi connectivity index (χ1) is 23.1. The maximum absolute atomic E-state index is 14.0. The minimum absolute atomic E-state index is 0.125. The molecule has 6 atom stereocenters. The van der Waals surface area contributed by atoms with Gasteiger partial charge in [-0.25, -0.2) is 0 Å². The van der Waals surface area contributed by atoms with Crippen LogP contribution in [0.25, 0.3) is 10.9 Å². The molecule has 11 nitrogen and oxygen atoms in total. The van der Waals surface area contributed by atoms with Crippen LogP contribution in [-0.4, -0.2) is 57.9 Å². The number of aromatic nitrogens is 1. The third kappa shape index (κ3) is 8.40. The number of para-hydroxylation sites is 1. The number of hydrogen-bond acceptors (Lipinski definition) is 6. The number of benzene rings is 3. The van der Waals surface area contributed by atoms with Gasteiger partial charge in [-0.1, -0.05) is 80.4 Å². The second-order valence-electron chi connectivity index (χ2n) is 12.7. The van der Waals surface area contributed by atoms with Crippen molar-refractivity contribution in [2.75, 3.05) is 0 Å². The van der Waals surface area contributed by atoms with E-state index < -0.39 is 47.8 Å². The van der Waals surface area contributed by atoms with Gasteiger partial charge in [0.2, 0.25) is 23.6 Å². The number of carbonyl (C=O) groups is 4. The first kappa shape index (κ1) is 34.2. The molecule has 0 radical (unpaired) electrons. The predicted molar refractivity (Wildman–Crippen MR) is 184 cm³/mol. The quantitative estimate of drug-likeness (QED) is 0.116. The molecular weight excluding hydrogens is 608 g/mol. The average Bonchev–Trinajstić information content (AvgIpc) is 3.50. The SMILES string of the molecule is C[C@@H](c1ccccc1)[C@H](NC(=O)[C@H](Cc1c[nH]c2ccccc12)NC(=O)[C@H]1CCCC[C@H]1NC(=O)[C@@H](N)Cc1ccc(O)cc1)C(N)=O. The molecule has 1 aliphatic carbocycles. The molecule has 0 aliphatic heterocycles. The summed E-state index contributed by atoms with van der Waals surface area (Å²) in [7, 11) is 0. The number of fused-ring (bicyclic) bond motifs is 1. The van der Waals surface area contributed by atoms with E-state index in [-0.39, 0.29) is 30.4 Å². The lowest BCUT2D eigenvalue weighted by molar-refractivity contribution is -0.134. The monoisotopic (exact) mass is 652 g/mol. The molecule has 5 rings (SSSR count). The number of aromatic hydroxyl groups is 1. The molecule has 0 spiro atoms. The van der Waals surface area contributed by atoms with Crippen molar-refractivity contribution in [2.24, 2.45) is 17.4 Å². The number of phenols is 1. The standard InChI is InChI=1S/C37H44N6O5/c1-22(24-9-3-2-4-10-24)33(34(39)45)43-37(48)32(20-25-21-40-30-13-7-5-11-27(25)30)42-35(46)28-12-6-8-14-31(28)41-36(47)29(38)19-23-15-17-26(44)18-16-23/h2-5,7,9-11,13,15-18,21-22,28-29,31-33,40,44H,6,8,12,14,19-20,38H2,1H3,(H2,39,45)(H,41,47)(H,42,46)(H,43,48)/t22-,28-,29-,31+,32-,33-/m0/s1. The number of H-pyrrole nitrogens is 1. The van der Waals surface area contributed by atoms with Crippen molar-refractivity contribution in [3.8, 4) is 5.75 Å². The number of aromatic amines is 1. The average molecular weight is 653 g/mol. The minimum atomic E-state index is -1.03. The Balaban J connectivity index is 1.33. The van der Waals surface area contributed by atoms with Crippen molar-refractivity contribution >= 4 is 34.5 Å². The van der Waals surface area contributed by atoms with E-state index in [9.17, 15) is 24.3 Å². The van der Waals surface area contributed by atoms with Crippen LogP contribution in [0.15, 0.2) is 85.1 Å². The first-order valence-electron chi connectivity index (χ1n) is 16.4. The van der Waals surface area contributed by atoms with Gasteiger partial charge in [-0.2, -0.15) is 0 Å². The highest BCUT2D eigenvalue weighted by Gasteiger charge is 2.36. The van der Waals surface area contributed by atoms with Gasteiger partial charge in [0.15, 0.2) is 0 Å². The van der Waals surface area contributed by atoms with Gasteiger partial charge in [0.25, 0.3) is 0 Å². The second kappa shape index (κ2) is 15.6. The van der Waals surface area contributed by atoms with Crippen molar-refractivity contribution in [3.63, 3.8) is 0 Å². The van der Waals surface area contributed by atoms with Crippen LogP contribution in [-0.2, 0) is 32.0 Å². The maximum Gasteiger partial charge on any atom is 0.243 e. The van der Waals surface area contributed by atoms with E-state index >= 15 is 0 Å². The lowest BCUT2D eigenvalue weighted by atomic mass is 9.83. The largest absolute Gasteiger partial charge is 0.508 e. The van der Waals surface area contributed by atoms with Crippen molar-refractivity contribution < 1.29 is 24.3 Å². The third-order valence-corrected chi connectivity index (χ3v) is 9.32. The van der Waals surface area contributed by atoms with Crippen LogP contribution in [0.4, 0.5) is 0 Å². The summed E-state index contributed by atoms with van der Waals surface area (Å²) in [5.41, 5.74) is 15.4. The molecule has 9 N–H and O–H groups in total. The van der Waals surface area contributed by atoms with Crippen LogP contribution in [0.5, 0.6) is 5.75 Å². The fourth-order valence-electron chi connectivity index (χ4n) is 6.54. The number of phenolic OH excluding ortho intramolecular Hbond substituents is 1. The summed E-state index contributed by atoms with van der Waals surface area (Å²) in [6.07, 6.45) is 4.99. The van der Waals surface area contributed by atoms with Gasteiger partial charge in [-0.15, -0.1) is 0 Å². The van der Waals surface area contributed by atoms with Crippen LogP contribution in [0, 0.1) is 5.92 Å². The zero-order chi connectivity index (χ0) is 34.2. The zero-order valence-electron chi connectivity index (χ0n) is 27.0. The van der Waals surface area contributed by atoms with E-state index in [2.05, 4.69) is 20.9 Å². The molecule has 1 heterocycles. The molecule has 0 saturated heterocycles. The lowest BCUT2D eigenvalue weighted by Crippen LogP contribution is -2.58. The molecule has 1 aliphatic rings. The zero-order valence-corrected chi connectivity index (χ0v) is 27.0. The summed E-state index contributed by atoms with van der Waals surface area (Å²) >= 11 is 0. The summed E-state index contributed by atoms with van der Waals surface area (Å²) in [5, 5.41) is 19.3. The van der Waals surface area contributed by atoms with Crippen LogP contribution < -0.4 is 27.4 Å². The molecule has 252 valence electrons. The van der Waals surface area contributed by atoms with E-state index in [1.165, 1.54) is 12.1 Å². The molecule has 4 amide bonds. The molecule has 1 aromatic heterocycles. The number of primary amides is 1. The minimum Gasteiger partial charge on any atom is -0.508 e. The summed E-state index contributed by atoms with van der Waals surface area (Å²) < 4.78 is 0. The van der Waals surface area contributed by atoms with Gasteiger partial charge in [-0.05, 0) is 54.2 Å². The van der Waals surface area contributed by atoms with E-state index in [1.54, 1.807) is 12.1 Å². The van der Waals surface area contributed by atoms with Crippen molar-refractivity contribution in [1.82, 2.24) is 20.9 Å². The highest BCUT2D eigenvalue weighted by Crippen LogP contribution is 2.26. The molecular formula is C37H44N6O5. The molecule has 1 saturated carbocycles. The molecule has 0 unspecified atom stereocenters. The van der Waals surface area contributed by atoms with Gasteiger partial charge in [-0.3, -0.25) is 19.2 Å². The fraction of sp³-hybridized carbons (Fsp3) is 0.351. The Hall–Kier alpha value is -5.16. The van der Waals surface area contributed by atoms with Crippen molar-refractivity contribution in [1.29, 1.82) is 0 Å². The summed E-state index contributed by atoms with van der Waals surface area (Å²) in [5.74, 6) is -2.83. The number of nitrogens with two attached hydrogens (primary N) is 2. The summed E-state index contributed by atoms with van der Waals surface area (Å²) in [6.45, 7) is 1.82. The second-order valence-corrected chi connectivity index (χ2v) is 12.7. The molecule has 48 heavy (non-hydrogen) atoms. The maximum atomic E-state index is 14.0. The molecule has 3 aromatic carbocycles. The number of carbonyl (C=O) groups excluding carboxylic acids is 4. The fourth-order valence-corrected chi connectivity index (χ4v) is 6.54. The van der Waals surface area contributed by atoms with Gasteiger partial charge in [0.05, 0.1) is 12.0 Å². The number of hydrogen-bond donors (Lipinski definition) is 7. The lowest BCUT2D eigenvalue weighted by Gasteiger charge is -2.33. The Kier molecular flexibility index (Phi) is 11.1. The number of amides is 4. The molecule has 0 bridgehead atoms. The Labute approximate surface area is 279 Å². The highest BCUT2D eigenvalue weighted by molar-refractivity contribution is 5.94. The normalized spacial score (nSPS) is 18.6. The third-order valence-electron chi connectivity index (χ3n) is 9.32. The van der Waals surface area contributed by atoms with E-state index in [1.807, 2.05) is 67.7 Å². The van der Waals surface area contributed by atoms with E-state index in [0.29, 0.717) is 12.8 Å². The molecule has 11 heteroatoms. The van der Waals surface area contributed by atoms with Gasteiger partial charge < -0.3 is 37.5 Å². The smallest absolute Gasteiger partial charge is 0.243 e. The van der Waals surface area contributed by atoms with Crippen LogP contribution in [0.3, 0.4) is 0 Å².